The third-order valence-corrected chi connectivity index (χ3v) is 4.84. The second-order valence-electron chi connectivity index (χ2n) is 5.33. The van der Waals surface area contributed by atoms with Crippen LogP contribution >= 0.6 is 11.3 Å². The monoisotopic (exact) mass is 353 g/mol. The fraction of sp³-hybridized carbons (Fsp3) is 0.706. The maximum atomic E-state index is 12.0. The number of carbonyl (C=O) groups is 1. The van der Waals surface area contributed by atoms with Crippen molar-refractivity contribution in [2.24, 2.45) is 4.99 Å². The van der Waals surface area contributed by atoms with E-state index in [9.17, 15) is 4.79 Å². The number of hydrogen-bond acceptors (Lipinski definition) is 4. The van der Waals surface area contributed by atoms with Gasteiger partial charge in [-0.1, -0.05) is 6.92 Å². The molecule has 0 spiro atoms. The molecule has 0 aliphatic heterocycles. The van der Waals surface area contributed by atoms with E-state index in [1.165, 1.54) is 4.88 Å². The fourth-order valence-electron chi connectivity index (χ4n) is 2.25. The van der Waals surface area contributed by atoms with Crippen LogP contribution in [0.1, 0.15) is 44.0 Å². The minimum Gasteiger partial charge on any atom is -0.357 e. The summed E-state index contributed by atoms with van der Waals surface area (Å²) in [5, 5.41) is 7.57. The van der Waals surface area contributed by atoms with Gasteiger partial charge in [-0.15, -0.1) is 11.3 Å². The van der Waals surface area contributed by atoms with Crippen molar-refractivity contribution >= 4 is 23.2 Å². The van der Waals surface area contributed by atoms with E-state index in [0.29, 0.717) is 19.5 Å². The van der Waals surface area contributed by atoms with Crippen molar-refractivity contribution in [2.75, 3.05) is 32.7 Å². The highest BCUT2D eigenvalue weighted by Crippen LogP contribution is 2.13. The Kier molecular flexibility index (Phi) is 10.1. The lowest BCUT2D eigenvalue weighted by Gasteiger charge is -2.19. The van der Waals surface area contributed by atoms with Crippen LogP contribution in [0, 0.1) is 0 Å². The van der Waals surface area contributed by atoms with Crippen molar-refractivity contribution in [1.29, 1.82) is 0 Å². The van der Waals surface area contributed by atoms with E-state index in [1.807, 2.05) is 31.9 Å². The van der Waals surface area contributed by atoms with Crippen molar-refractivity contribution in [3.8, 4) is 0 Å². The van der Waals surface area contributed by atoms with E-state index >= 15 is 0 Å². The molecule has 1 aromatic rings. The number of aryl methyl sites for hydroxylation is 1. The highest BCUT2D eigenvalue weighted by molar-refractivity contribution is 7.11. The van der Waals surface area contributed by atoms with Crippen LogP contribution in [-0.4, -0.2) is 54.5 Å². The predicted molar refractivity (Wildman–Crippen MR) is 102 cm³/mol. The molecule has 6 nitrogen and oxygen atoms in total. The molecule has 0 aliphatic carbocycles. The summed E-state index contributed by atoms with van der Waals surface area (Å²) >= 11 is 1.76. The summed E-state index contributed by atoms with van der Waals surface area (Å²) in [6.45, 7) is 11.8. The van der Waals surface area contributed by atoms with Gasteiger partial charge in [0.2, 0.25) is 5.91 Å². The summed E-state index contributed by atoms with van der Waals surface area (Å²) in [6.07, 6.45) is 4.32. The van der Waals surface area contributed by atoms with Gasteiger partial charge < -0.3 is 15.5 Å². The van der Waals surface area contributed by atoms with Crippen LogP contribution in [0.15, 0.2) is 11.2 Å². The van der Waals surface area contributed by atoms with E-state index < -0.39 is 0 Å². The van der Waals surface area contributed by atoms with Gasteiger partial charge in [0.1, 0.15) is 0 Å². The molecule has 24 heavy (non-hydrogen) atoms. The van der Waals surface area contributed by atoms with Crippen LogP contribution < -0.4 is 10.6 Å². The Morgan fingerprint density at radius 3 is 2.58 bits per heavy atom. The molecule has 0 saturated heterocycles. The molecule has 0 bridgehead atoms. The number of thiazole rings is 1. The molecular formula is C17H31N5OS. The summed E-state index contributed by atoms with van der Waals surface area (Å²) < 4.78 is 0. The Bertz CT molecular complexity index is 511. The smallest absolute Gasteiger partial charge is 0.224 e. The van der Waals surface area contributed by atoms with Gasteiger partial charge in [-0.25, -0.2) is 4.98 Å². The molecule has 2 N–H and O–H groups in total. The molecule has 0 radical (unpaired) electrons. The first kappa shape index (κ1) is 20.4. The number of rotatable bonds is 10. The summed E-state index contributed by atoms with van der Waals surface area (Å²) in [5.41, 5.74) is 0. The fourth-order valence-corrected chi connectivity index (χ4v) is 3.11. The van der Waals surface area contributed by atoms with Gasteiger partial charge in [0.25, 0.3) is 0 Å². The van der Waals surface area contributed by atoms with Gasteiger partial charge in [0, 0.05) is 56.6 Å². The van der Waals surface area contributed by atoms with Crippen LogP contribution in [-0.2, 0) is 17.6 Å². The van der Waals surface area contributed by atoms with Gasteiger partial charge in [-0.2, -0.15) is 0 Å². The number of aromatic nitrogens is 1. The van der Waals surface area contributed by atoms with Crippen LogP contribution in [0.2, 0.25) is 0 Å². The number of nitrogens with zero attached hydrogens (tertiary/aromatic N) is 3. The van der Waals surface area contributed by atoms with Crippen LogP contribution in [0.5, 0.6) is 0 Å². The average molecular weight is 354 g/mol. The van der Waals surface area contributed by atoms with E-state index in [1.54, 1.807) is 11.3 Å². The minimum absolute atomic E-state index is 0.179. The molecule has 0 unspecified atom stereocenters. The molecule has 1 heterocycles. The van der Waals surface area contributed by atoms with Gasteiger partial charge >= 0.3 is 0 Å². The lowest BCUT2D eigenvalue weighted by atomic mass is 10.3. The Hall–Kier alpha value is -1.63. The number of aliphatic imine (C=N–C) groups is 1. The molecule has 136 valence electrons. The number of nitrogens with one attached hydrogen (secondary N) is 2. The molecule has 0 saturated carbocycles. The zero-order valence-electron chi connectivity index (χ0n) is 15.4. The standard InChI is InChI=1S/C17H31N5OS/c1-5-14-13-21-15(24-14)9-11-19-17(18-6-2)20-12-10-16(23)22(7-3)8-4/h13H,5-12H2,1-4H3,(H2,18,19,20). The first-order valence-electron chi connectivity index (χ1n) is 8.87. The normalized spacial score (nSPS) is 11.4. The van der Waals surface area contributed by atoms with E-state index in [4.69, 9.17) is 0 Å². The second-order valence-corrected chi connectivity index (χ2v) is 6.53. The molecule has 0 fully saturated rings. The first-order valence-corrected chi connectivity index (χ1v) is 9.69. The minimum atomic E-state index is 0.179. The summed E-state index contributed by atoms with van der Waals surface area (Å²) in [6, 6.07) is 0. The zero-order valence-corrected chi connectivity index (χ0v) is 16.2. The molecule has 1 amide bonds. The third kappa shape index (κ3) is 7.29. The SMILES string of the molecule is CCNC(=NCCc1ncc(CC)s1)NCCC(=O)N(CC)CC. The van der Waals surface area contributed by atoms with Crippen molar-refractivity contribution in [2.45, 2.75) is 47.0 Å². The molecular weight excluding hydrogens is 322 g/mol. The predicted octanol–water partition coefficient (Wildman–Crippen LogP) is 2.06. The number of amides is 1. The topological polar surface area (TPSA) is 69.6 Å². The second kappa shape index (κ2) is 11.8. The summed E-state index contributed by atoms with van der Waals surface area (Å²) in [4.78, 5) is 24.1. The van der Waals surface area contributed by atoms with Gasteiger partial charge in [0.05, 0.1) is 5.01 Å². The molecule has 1 aromatic heterocycles. The first-order chi connectivity index (χ1) is 11.6. The quantitative estimate of drug-likeness (QED) is 0.499. The highest BCUT2D eigenvalue weighted by Gasteiger charge is 2.09. The Morgan fingerprint density at radius 1 is 1.25 bits per heavy atom. The molecule has 0 atom stereocenters. The van der Waals surface area contributed by atoms with Crippen LogP contribution in [0.3, 0.4) is 0 Å². The van der Waals surface area contributed by atoms with Crippen molar-refractivity contribution in [1.82, 2.24) is 20.5 Å². The number of hydrogen-bond donors (Lipinski definition) is 2. The van der Waals surface area contributed by atoms with E-state index in [-0.39, 0.29) is 5.91 Å². The lowest BCUT2D eigenvalue weighted by Crippen LogP contribution is -2.40. The largest absolute Gasteiger partial charge is 0.357 e. The van der Waals surface area contributed by atoms with E-state index in [2.05, 4.69) is 27.5 Å². The van der Waals surface area contributed by atoms with Crippen LogP contribution in [0.4, 0.5) is 0 Å². The lowest BCUT2D eigenvalue weighted by molar-refractivity contribution is -0.130. The van der Waals surface area contributed by atoms with Crippen LogP contribution in [0.25, 0.3) is 0 Å². The Balaban J connectivity index is 2.40. The van der Waals surface area contributed by atoms with Gasteiger partial charge in [-0.05, 0) is 27.2 Å². The molecule has 1 rings (SSSR count). The Morgan fingerprint density at radius 2 is 2.00 bits per heavy atom. The van der Waals surface area contributed by atoms with Crippen molar-refractivity contribution < 1.29 is 4.79 Å². The third-order valence-electron chi connectivity index (χ3n) is 3.64. The Labute approximate surface area is 149 Å². The highest BCUT2D eigenvalue weighted by atomic mass is 32.1. The van der Waals surface area contributed by atoms with Gasteiger partial charge in [-0.3, -0.25) is 9.79 Å². The van der Waals surface area contributed by atoms with Crippen molar-refractivity contribution in [3.05, 3.63) is 16.1 Å². The molecule has 7 heteroatoms. The summed E-state index contributed by atoms with van der Waals surface area (Å²) in [5.74, 6) is 0.940. The number of guanidine groups is 1. The molecule has 0 aromatic carbocycles. The zero-order chi connectivity index (χ0) is 17.8. The van der Waals surface area contributed by atoms with Crippen molar-refractivity contribution in [3.63, 3.8) is 0 Å². The summed E-state index contributed by atoms with van der Waals surface area (Å²) in [7, 11) is 0. The number of carbonyl (C=O) groups excluding carboxylic acids is 1. The van der Waals surface area contributed by atoms with E-state index in [0.717, 1.165) is 43.4 Å². The maximum absolute atomic E-state index is 12.0. The molecule has 0 aliphatic rings. The average Bonchev–Trinajstić information content (AvgIpc) is 3.04. The van der Waals surface area contributed by atoms with Gasteiger partial charge in [0.15, 0.2) is 5.96 Å². The maximum Gasteiger partial charge on any atom is 0.224 e.